The Balaban J connectivity index is 1.77. The second kappa shape index (κ2) is 8.04. The number of hydrogen-bond acceptors (Lipinski definition) is 6. The summed E-state index contributed by atoms with van der Waals surface area (Å²) >= 11 is 5.79. The van der Waals surface area contributed by atoms with Gasteiger partial charge < -0.3 is 4.74 Å². The number of ether oxygens (including phenoxy) is 1. The van der Waals surface area contributed by atoms with Crippen LogP contribution in [-0.4, -0.2) is 20.8 Å². The van der Waals surface area contributed by atoms with Crippen molar-refractivity contribution in [2.24, 2.45) is 11.7 Å². The van der Waals surface area contributed by atoms with Crippen molar-refractivity contribution in [2.45, 2.75) is 13.5 Å². The van der Waals surface area contributed by atoms with E-state index in [1.807, 2.05) is 18.4 Å². The van der Waals surface area contributed by atoms with Crippen LogP contribution in [0.2, 0.25) is 5.15 Å². The van der Waals surface area contributed by atoms with Crippen LogP contribution in [0, 0.1) is 6.92 Å². The minimum atomic E-state index is -0.638. The molecule has 0 spiro atoms. The van der Waals surface area contributed by atoms with Crippen molar-refractivity contribution in [2.75, 3.05) is 5.01 Å². The van der Waals surface area contributed by atoms with Gasteiger partial charge in [0.25, 0.3) is 0 Å². The molecular formula is C17H18ClN7O2. The summed E-state index contributed by atoms with van der Waals surface area (Å²) in [5.74, 6) is 11.4. The van der Waals surface area contributed by atoms with E-state index in [4.69, 9.17) is 28.0 Å². The molecule has 2 aromatic heterocycles. The Morgan fingerprint density at radius 1 is 1.33 bits per heavy atom. The van der Waals surface area contributed by atoms with Crippen LogP contribution in [0.25, 0.3) is 5.69 Å². The fourth-order valence-corrected chi connectivity index (χ4v) is 2.57. The summed E-state index contributed by atoms with van der Waals surface area (Å²) in [6, 6.07) is 9.95. The van der Waals surface area contributed by atoms with Gasteiger partial charge in [-0.15, -0.1) is 5.10 Å². The number of urea groups is 1. The van der Waals surface area contributed by atoms with Crippen molar-refractivity contribution in [1.29, 1.82) is 0 Å². The SMILES string of the molecule is Cc1cccc(N(N)C(=O)NN)c1COc1ccn(-c2ccc(Cl)nc2)n1. The Kier molecular flexibility index (Phi) is 5.55. The summed E-state index contributed by atoms with van der Waals surface area (Å²) in [7, 11) is 0. The largest absolute Gasteiger partial charge is 0.472 e. The van der Waals surface area contributed by atoms with E-state index in [2.05, 4.69) is 10.1 Å². The van der Waals surface area contributed by atoms with Crippen molar-refractivity contribution < 1.29 is 9.53 Å². The van der Waals surface area contributed by atoms with Crippen molar-refractivity contribution in [3.63, 3.8) is 0 Å². The number of halogens is 1. The van der Waals surface area contributed by atoms with Gasteiger partial charge in [-0.1, -0.05) is 23.7 Å². The normalized spacial score (nSPS) is 10.5. The lowest BCUT2D eigenvalue weighted by atomic mass is 10.1. The highest BCUT2D eigenvalue weighted by atomic mass is 35.5. The van der Waals surface area contributed by atoms with Crippen LogP contribution in [0.1, 0.15) is 11.1 Å². The molecule has 2 heterocycles. The smallest absolute Gasteiger partial charge is 0.350 e. The lowest BCUT2D eigenvalue weighted by Gasteiger charge is -2.20. The Bertz CT molecular complexity index is 943. The molecule has 0 unspecified atom stereocenters. The van der Waals surface area contributed by atoms with Gasteiger partial charge in [0, 0.05) is 17.8 Å². The third kappa shape index (κ3) is 4.17. The van der Waals surface area contributed by atoms with E-state index in [0.717, 1.165) is 21.8 Å². The molecule has 0 bridgehead atoms. The maximum Gasteiger partial charge on any atom is 0.350 e. The molecule has 2 amide bonds. The molecule has 9 nitrogen and oxygen atoms in total. The van der Waals surface area contributed by atoms with Crippen molar-refractivity contribution >= 4 is 23.3 Å². The number of nitrogens with one attached hydrogen (secondary N) is 1. The molecule has 10 heteroatoms. The molecule has 0 saturated carbocycles. The number of rotatable bonds is 5. The number of anilines is 1. The third-order valence-electron chi connectivity index (χ3n) is 3.89. The minimum absolute atomic E-state index is 0.170. The van der Waals surface area contributed by atoms with Gasteiger partial charge >= 0.3 is 6.03 Å². The Labute approximate surface area is 160 Å². The summed E-state index contributed by atoms with van der Waals surface area (Å²) in [6.07, 6.45) is 3.35. The number of aryl methyl sites for hydroxylation is 1. The number of hydrogen-bond donors (Lipinski definition) is 3. The molecule has 0 aliphatic heterocycles. The van der Waals surface area contributed by atoms with E-state index < -0.39 is 6.03 Å². The average molecular weight is 388 g/mol. The Morgan fingerprint density at radius 3 is 2.85 bits per heavy atom. The van der Waals surface area contributed by atoms with Crippen LogP contribution in [0.4, 0.5) is 10.5 Å². The van der Waals surface area contributed by atoms with Crippen LogP contribution in [0.3, 0.4) is 0 Å². The van der Waals surface area contributed by atoms with E-state index in [1.165, 1.54) is 0 Å². The van der Waals surface area contributed by atoms with Gasteiger partial charge in [0.05, 0.1) is 17.6 Å². The van der Waals surface area contributed by atoms with Gasteiger partial charge in [0.15, 0.2) is 0 Å². The monoisotopic (exact) mass is 387 g/mol. The van der Waals surface area contributed by atoms with Gasteiger partial charge in [-0.25, -0.2) is 31.2 Å². The maximum atomic E-state index is 11.7. The predicted octanol–water partition coefficient (Wildman–Crippen LogP) is 2.07. The molecular weight excluding hydrogens is 370 g/mol. The fourth-order valence-electron chi connectivity index (χ4n) is 2.46. The first-order valence-electron chi connectivity index (χ1n) is 7.94. The van der Waals surface area contributed by atoms with E-state index in [9.17, 15) is 4.79 Å². The van der Waals surface area contributed by atoms with Gasteiger partial charge in [-0.3, -0.25) is 5.43 Å². The van der Waals surface area contributed by atoms with Gasteiger partial charge in [-0.2, -0.15) is 0 Å². The molecule has 3 aromatic rings. The highest BCUT2D eigenvalue weighted by Crippen LogP contribution is 2.24. The minimum Gasteiger partial charge on any atom is -0.472 e. The second-order valence-electron chi connectivity index (χ2n) is 5.62. The molecule has 27 heavy (non-hydrogen) atoms. The quantitative estimate of drug-likeness (QED) is 0.266. The zero-order valence-corrected chi connectivity index (χ0v) is 15.2. The number of aromatic nitrogens is 3. The molecule has 0 aliphatic rings. The van der Waals surface area contributed by atoms with Crippen LogP contribution in [0.5, 0.6) is 5.88 Å². The molecule has 1 aromatic carbocycles. The highest BCUT2D eigenvalue weighted by molar-refractivity contribution is 6.29. The summed E-state index contributed by atoms with van der Waals surface area (Å²) in [5.41, 5.74) is 4.89. The van der Waals surface area contributed by atoms with Gasteiger partial charge in [0.1, 0.15) is 11.8 Å². The topological polar surface area (TPSA) is 124 Å². The van der Waals surface area contributed by atoms with Crippen molar-refractivity contribution in [3.05, 3.63) is 65.1 Å². The Hall–Kier alpha value is -3.14. The lowest BCUT2D eigenvalue weighted by Crippen LogP contribution is -2.48. The fraction of sp³-hybridized carbons (Fsp3) is 0.118. The molecule has 0 radical (unpaired) electrons. The first kappa shape index (κ1) is 18.6. The number of benzene rings is 1. The van der Waals surface area contributed by atoms with Crippen LogP contribution in [-0.2, 0) is 6.61 Å². The summed E-state index contributed by atoms with van der Waals surface area (Å²) in [6.45, 7) is 2.07. The molecule has 0 atom stereocenters. The number of nitrogens with two attached hydrogens (primary N) is 2. The van der Waals surface area contributed by atoms with Crippen molar-refractivity contribution in [3.8, 4) is 11.6 Å². The van der Waals surface area contributed by atoms with Gasteiger partial charge in [0.2, 0.25) is 5.88 Å². The summed E-state index contributed by atoms with van der Waals surface area (Å²) in [5, 5.41) is 5.69. The van der Waals surface area contributed by atoms with Gasteiger partial charge in [-0.05, 0) is 30.7 Å². The van der Waals surface area contributed by atoms with E-state index >= 15 is 0 Å². The van der Waals surface area contributed by atoms with Crippen LogP contribution in [0.15, 0.2) is 48.8 Å². The third-order valence-corrected chi connectivity index (χ3v) is 4.12. The van der Waals surface area contributed by atoms with E-state index in [-0.39, 0.29) is 6.61 Å². The standard InChI is InChI=1S/C17H18ClN7O2/c1-11-3-2-4-14(25(20)17(26)22-19)13(11)10-27-16-7-8-24(23-16)12-5-6-15(18)21-9-12/h2-9H,10,19-20H2,1H3,(H,22,26). The zero-order valence-electron chi connectivity index (χ0n) is 14.5. The van der Waals surface area contributed by atoms with Crippen LogP contribution < -0.4 is 26.9 Å². The second-order valence-corrected chi connectivity index (χ2v) is 6.01. The number of nitrogens with zero attached hydrogens (tertiary/aromatic N) is 4. The van der Waals surface area contributed by atoms with Crippen LogP contribution >= 0.6 is 11.6 Å². The molecule has 0 aliphatic carbocycles. The van der Waals surface area contributed by atoms with Crippen molar-refractivity contribution in [1.82, 2.24) is 20.2 Å². The number of hydrazine groups is 2. The number of carbonyl (C=O) groups excluding carboxylic acids is 1. The first-order valence-corrected chi connectivity index (χ1v) is 8.31. The average Bonchev–Trinajstić information content (AvgIpc) is 3.15. The first-order chi connectivity index (χ1) is 13.0. The van der Waals surface area contributed by atoms with E-state index in [0.29, 0.717) is 16.7 Å². The Morgan fingerprint density at radius 2 is 2.15 bits per heavy atom. The molecule has 0 fully saturated rings. The lowest BCUT2D eigenvalue weighted by molar-refractivity contribution is 0.246. The summed E-state index contributed by atoms with van der Waals surface area (Å²) < 4.78 is 7.40. The molecule has 5 N–H and O–H groups in total. The summed E-state index contributed by atoms with van der Waals surface area (Å²) in [4.78, 5) is 15.7. The molecule has 3 rings (SSSR count). The molecule has 140 valence electrons. The number of pyridine rings is 1. The number of carbonyl (C=O) groups is 1. The zero-order chi connectivity index (χ0) is 19.4. The molecule has 0 saturated heterocycles. The predicted molar refractivity (Wildman–Crippen MR) is 101 cm³/mol. The van der Waals surface area contributed by atoms with E-state index in [1.54, 1.807) is 47.4 Å². The maximum absolute atomic E-state index is 11.7. The highest BCUT2D eigenvalue weighted by Gasteiger charge is 2.16. The number of amides is 2.